The van der Waals surface area contributed by atoms with Gasteiger partial charge < -0.3 is 10.1 Å². The molecule has 1 N–H and O–H groups in total. The van der Waals surface area contributed by atoms with Crippen molar-refractivity contribution in [2.24, 2.45) is 7.05 Å². The number of hydrogen-bond acceptors (Lipinski definition) is 5. The zero-order valence-corrected chi connectivity index (χ0v) is 12.4. The van der Waals surface area contributed by atoms with Gasteiger partial charge in [0.05, 0.1) is 15.8 Å². The van der Waals surface area contributed by atoms with Crippen LogP contribution in [0.25, 0.3) is 0 Å². The molecule has 0 radical (unpaired) electrons. The summed E-state index contributed by atoms with van der Waals surface area (Å²) in [6, 6.07) is 3.24. The smallest absolute Gasteiger partial charge is 0.343 e. The Bertz CT molecular complexity index is 650. The van der Waals surface area contributed by atoms with Crippen LogP contribution >= 0.6 is 22.9 Å². The second-order valence-electron chi connectivity index (χ2n) is 3.84. The van der Waals surface area contributed by atoms with Crippen LogP contribution in [0.4, 0.5) is 5.82 Å². The van der Waals surface area contributed by atoms with E-state index < -0.39 is 5.97 Å². The number of ether oxygens (including phenoxy) is 1. The Kier molecular flexibility index (Phi) is 4.41. The first-order valence-electron chi connectivity index (χ1n) is 5.78. The van der Waals surface area contributed by atoms with Gasteiger partial charge in [0.1, 0.15) is 5.56 Å². The molecule has 20 heavy (non-hydrogen) atoms. The van der Waals surface area contributed by atoms with Crippen molar-refractivity contribution < 1.29 is 14.3 Å². The molecule has 1 amide bonds. The van der Waals surface area contributed by atoms with Crippen molar-refractivity contribution in [1.82, 2.24) is 9.78 Å². The Morgan fingerprint density at radius 2 is 2.25 bits per heavy atom. The van der Waals surface area contributed by atoms with E-state index in [-0.39, 0.29) is 23.9 Å². The van der Waals surface area contributed by atoms with Crippen LogP contribution in [0, 0.1) is 0 Å². The van der Waals surface area contributed by atoms with Gasteiger partial charge in [0, 0.05) is 13.2 Å². The molecule has 0 bridgehead atoms. The number of thiophene rings is 1. The van der Waals surface area contributed by atoms with Crippen LogP contribution < -0.4 is 5.32 Å². The molecule has 0 fully saturated rings. The zero-order valence-electron chi connectivity index (χ0n) is 10.8. The fraction of sp³-hybridized carbons (Fsp3) is 0.250. The number of carbonyl (C=O) groups is 2. The average molecular weight is 314 g/mol. The first kappa shape index (κ1) is 14.5. The van der Waals surface area contributed by atoms with Crippen molar-refractivity contribution in [3.8, 4) is 0 Å². The molecule has 2 aromatic rings. The maximum Gasteiger partial charge on any atom is 0.343 e. The summed E-state index contributed by atoms with van der Waals surface area (Å²) >= 11 is 6.93. The first-order chi connectivity index (χ1) is 9.51. The van der Waals surface area contributed by atoms with Crippen LogP contribution in [-0.4, -0.2) is 28.3 Å². The van der Waals surface area contributed by atoms with E-state index in [2.05, 4.69) is 10.4 Å². The third-order valence-corrected chi connectivity index (χ3v) is 3.58. The highest BCUT2D eigenvalue weighted by Crippen LogP contribution is 2.23. The summed E-state index contributed by atoms with van der Waals surface area (Å²) in [5, 5.41) is 6.62. The molecule has 0 aliphatic rings. The predicted octanol–water partition coefficient (Wildman–Crippen LogP) is 2.56. The summed E-state index contributed by atoms with van der Waals surface area (Å²) in [6.45, 7) is 1.96. The van der Waals surface area contributed by atoms with E-state index in [1.165, 1.54) is 10.9 Å². The molecule has 0 aliphatic carbocycles. The van der Waals surface area contributed by atoms with Gasteiger partial charge >= 0.3 is 5.97 Å². The molecule has 0 spiro atoms. The van der Waals surface area contributed by atoms with Gasteiger partial charge in [0.2, 0.25) is 0 Å². The number of amides is 1. The van der Waals surface area contributed by atoms with E-state index in [0.29, 0.717) is 9.21 Å². The molecule has 2 heterocycles. The number of rotatable bonds is 4. The lowest BCUT2D eigenvalue weighted by atomic mass is 10.3. The minimum Gasteiger partial charge on any atom is -0.462 e. The molecule has 0 unspecified atom stereocenters. The minimum atomic E-state index is -0.528. The second-order valence-corrected chi connectivity index (χ2v) is 5.56. The summed E-state index contributed by atoms with van der Waals surface area (Å²) in [7, 11) is 1.65. The lowest BCUT2D eigenvalue weighted by Gasteiger charge is -2.03. The van der Waals surface area contributed by atoms with Gasteiger partial charge in [-0.25, -0.2) is 4.79 Å². The number of nitrogens with one attached hydrogen (secondary N) is 1. The SMILES string of the molecule is CCOC(=O)c1cn(C)nc1NC(=O)c1ccc(Cl)s1. The third kappa shape index (κ3) is 3.17. The summed E-state index contributed by atoms with van der Waals surface area (Å²) < 4.78 is 6.86. The highest BCUT2D eigenvalue weighted by atomic mass is 35.5. The number of nitrogens with zero attached hydrogens (tertiary/aromatic N) is 2. The van der Waals surface area contributed by atoms with E-state index >= 15 is 0 Å². The molecular formula is C12H12ClN3O3S. The number of esters is 1. The van der Waals surface area contributed by atoms with Crippen LogP contribution in [0.2, 0.25) is 4.34 Å². The maximum absolute atomic E-state index is 12.0. The van der Waals surface area contributed by atoms with Gasteiger partial charge in [-0.2, -0.15) is 5.10 Å². The van der Waals surface area contributed by atoms with E-state index in [0.717, 1.165) is 11.3 Å². The number of anilines is 1. The number of carbonyl (C=O) groups excluding carboxylic acids is 2. The molecular weight excluding hydrogens is 302 g/mol. The molecule has 0 aromatic carbocycles. The van der Waals surface area contributed by atoms with Crippen molar-refractivity contribution >= 4 is 40.6 Å². The predicted molar refractivity (Wildman–Crippen MR) is 76.4 cm³/mol. The highest BCUT2D eigenvalue weighted by molar-refractivity contribution is 7.18. The number of aromatic nitrogens is 2. The largest absolute Gasteiger partial charge is 0.462 e. The standard InChI is InChI=1S/C12H12ClN3O3S/c1-3-19-12(18)7-6-16(2)15-10(7)14-11(17)8-4-5-9(13)20-8/h4-6H,3H2,1-2H3,(H,14,15,17). The topological polar surface area (TPSA) is 73.2 Å². The number of halogens is 1. The van der Waals surface area contributed by atoms with Gasteiger partial charge in [-0.15, -0.1) is 11.3 Å². The Morgan fingerprint density at radius 1 is 1.50 bits per heavy atom. The Balaban J connectivity index is 2.21. The van der Waals surface area contributed by atoms with Crippen LogP contribution in [0.3, 0.4) is 0 Å². The molecule has 0 saturated heterocycles. The number of aryl methyl sites for hydroxylation is 1. The van der Waals surface area contributed by atoms with Gasteiger partial charge in [-0.3, -0.25) is 9.48 Å². The van der Waals surface area contributed by atoms with E-state index in [4.69, 9.17) is 16.3 Å². The minimum absolute atomic E-state index is 0.167. The molecule has 6 nitrogen and oxygen atoms in total. The Labute approximate surface area is 124 Å². The van der Waals surface area contributed by atoms with Gasteiger partial charge in [0.15, 0.2) is 5.82 Å². The molecule has 2 aromatic heterocycles. The quantitative estimate of drug-likeness (QED) is 0.880. The summed E-state index contributed by atoms with van der Waals surface area (Å²) in [5.41, 5.74) is 0.213. The molecule has 106 valence electrons. The van der Waals surface area contributed by atoms with Crippen molar-refractivity contribution in [3.05, 3.63) is 33.1 Å². The monoisotopic (exact) mass is 313 g/mol. The summed E-state index contributed by atoms with van der Waals surface area (Å²) in [4.78, 5) is 24.2. The molecule has 0 atom stereocenters. The van der Waals surface area contributed by atoms with Crippen molar-refractivity contribution in [2.45, 2.75) is 6.92 Å². The second kappa shape index (κ2) is 6.06. The maximum atomic E-state index is 12.0. The van der Waals surface area contributed by atoms with Crippen LogP contribution in [0.5, 0.6) is 0 Å². The van der Waals surface area contributed by atoms with E-state index in [1.54, 1.807) is 26.1 Å². The van der Waals surface area contributed by atoms with Crippen LogP contribution in [0.15, 0.2) is 18.3 Å². The average Bonchev–Trinajstić information content (AvgIpc) is 2.96. The first-order valence-corrected chi connectivity index (χ1v) is 6.98. The van der Waals surface area contributed by atoms with Gasteiger partial charge in [-0.1, -0.05) is 11.6 Å². The summed E-state index contributed by atoms with van der Waals surface area (Å²) in [6.07, 6.45) is 1.50. The third-order valence-electron chi connectivity index (χ3n) is 2.35. The van der Waals surface area contributed by atoms with Gasteiger partial charge in [0.25, 0.3) is 5.91 Å². The Hall–Kier alpha value is -1.86. The van der Waals surface area contributed by atoms with Crippen LogP contribution in [0.1, 0.15) is 27.0 Å². The molecule has 0 saturated carbocycles. The fourth-order valence-corrected chi connectivity index (χ4v) is 2.48. The fourth-order valence-electron chi connectivity index (χ4n) is 1.54. The van der Waals surface area contributed by atoms with Crippen LogP contribution in [-0.2, 0) is 11.8 Å². The van der Waals surface area contributed by atoms with Crippen molar-refractivity contribution in [3.63, 3.8) is 0 Å². The molecule has 2 rings (SSSR count). The summed E-state index contributed by atoms with van der Waals surface area (Å²) in [5.74, 6) is -0.730. The van der Waals surface area contributed by atoms with E-state index in [9.17, 15) is 9.59 Å². The Morgan fingerprint density at radius 3 is 2.85 bits per heavy atom. The lowest BCUT2D eigenvalue weighted by molar-refractivity contribution is 0.0527. The number of hydrogen-bond donors (Lipinski definition) is 1. The van der Waals surface area contributed by atoms with Crippen molar-refractivity contribution in [2.75, 3.05) is 11.9 Å². The normalized spacial score (nSPS) is 10.3. The zero-order chi connectivity index (χ0) is 14.7. The molecule has 8 heteroatoms. The molecule has 0 aliphatic heterocycles. The van der Waals surface area contributed by atoms with Crippen molar-refractivity contribution in [1.29, 1.82) is 0 Å². The lowest BCUT2D eigenvalue weighted by Crippen LogP contribution is -2.14. The van der Waals surface area contributed by atoms with Gasteiger partial charge in [-0.05, 0) is 19.1 Å². The highest BCUT2D eigenvalue weighted by Gasteiger charge is 2.19. The van der Waals surface area contributed by atoms with E-state index in [1.807, 2.05) is 0 Å².